The molecule has 0 bridgehead atoms. The average Bonchev–Trinajstić information content (AvgIpc) is 3.55. The van der Waals surface area contributed by atoms with Crippen LogP contribution in [0.4, 0.5) is 5.82 Å². The van der Waals surface area contributed by atoms with Crippen LogP contribution < -0.4 is 5.32 Å². The Bertz CT molecular complexity index is 1520. The minimum Gasteiger partial charge on any atom is -0.305 e. The summed E-state index contributed by atoms with van der Waals surface area (Å²) in [7, 11) is 0. The minimum absolute atomic E-state index is 0.250. The lowest BCUT2D eigenvalue weighted by Gasteiger charge is -2.09. The zero-order valence-electron chi connectivity index (χ0n) is 18.0. The van der Waals surface area contributed by atoms with E-state index in [0.717, 1.165) is 29.2 Å². The van der Waals surface area contributed by atoms with Crippen molar-refractivity contribution in [2.75, 3.05) is 5.32 Å². The summed E-state index contributed by atoms with van der Waals surface area (Å²) in [5, 5.41) is 25.5. The first-order valence-corrected chi connectivity index (χ1v) is 10.3. The molecule has 0 radical (unpaired) electrons. The number of hydrogen-bond donors (Lipinski definition) is 1. The molecule has 1 aromatic carbocycles. The molecule has 33 heavy (non-hydrogen) atoms. The van der Waals surface area contributed by atoms with Gasteiger partial charge in [0, 0.05) is 24.5 Å². The van der Waals surface area contributed by atoms with Crippen LogP contribution in [-0.2, 0) is 6.54 Å². The number of aromatic nitrogens is 7. The van der Waals surface area contributed by atoms with Gasteiger partial charge in [0.2, 0.25) is 0 Å². The number of nitrogens with one attached hydrogen (secondary N) is 1. The Kier molecular flexibility index (Phi) is 4.91. The minimum atomic E-state index is -0.440. The number of carbonyl (C=O) groups excluding carboxylic acids is 1. The Morgan fingerprint density at radius 2 is 1.97 bits per heavy atom. The first-order chi connectivity index (χ1) is 16.1. The molecule has 0 aliphatic heterocycles. The van der Waals surface area contributed by atoms with Gasteiger partial charge in [-0.2, -0.15) is 20.6 Å². The summed E-state index contributed by atoms with van der Waals surface area (Å²) in [5.74, 6) is -0.158. The van der Waals surface area contributed by atoms with Gasteiger partial charge in [-0.3, -0.25) is 9.48 Å². The Hall–Kier alpha value is -4.78. The third-order valence-corrected chi connectivity index (χ3v) is 5.31. The van der Waals surface area contributed by atoms with E-state index in [1.54, 1.807) is 10.7 Å². The van der Waals surface area contributed by atoms with Crippen LogP contribution in [-0.4, -0.2) is 40.1 Å². The Morgan fingerprint density at radius 1 is 1.15 bits per heavy atom. The lowest BCUT2D eigenvalue weighted by atomic mass is 10.2. The number of rotatable bonds is 5. The van der Waals surface area contributed by atoms with Gasteiger partial charge in [-0.05, 0) is 32.0 Å². The number of carbonyl (C=O) groups is 1. The largest absolute Gasteiger partial charge is 0.305 e. The molecule has 162 valence electrons. The number of benzene rings is 1. The van der Waals surface area contributed by atoms with Crippen LogP contribution in [0, 0.1) is 18.3 Å². The predicted molar refractivity (Wildman–Crippen MR) is 121 cm³/mol. The molecule has 10 nitrogen and oxygen atoms in total. The number of aryl methyl sites for hydroxylation is 2. The van der Waals surface area contributed by atoms with E-state index in [2.05, 4.69) is 31.7 Å². The molecule has 0 saturated carbocycles. The molecule has 1 amide bonds. The molecule has 10 heteroatoms. The van der Waals surface area contributed by atoms with E-state index < -0.39 is 5.91 Å². The molecule has 0 atom stereocenters. The highest BCUT2D eigenvalue weighted by Crippen LogP contribution is 2.25. The van der Waals surface area contributed by atoms with E-state index in [-0.39, 0.29) is 16.9 Å². The van der Waals surface area contributed by atoms with E-state index >= 15 is 0 Å². The van der Waals surface area contributed by atoms with Crippen molar-refractivity contribution < 1.29 is 4.79 Å². The summed E-state index contributed by atoms with van der Waals surface area (Å²) in [6.45, 7) is 4.70. The highest BCUT2D eigenvalue weighted by molar-refractivity contribution is 6.08. The van der Waals surface area contributed by atoms with Crippen molar-refractivity contribution in [3.8, 4) is 23.0 Å². The topological polar surface area (TPSA) is 119 Å². The van der Waals surface area contributed by atoms with Gasteiger partial charge in [0.1, 0.15) is 17.2 Å². The van der Waals surface area contributed by atoms with Gasteiger partial charge in [0.05, 0.1) is 29.5 Å². The summed E-state index contributed by atoms with van der Waals surface area (Å²) in [6, 6.07) is 13.2. The maximum Gasteiger partial charge on any atom is 0.262 e. The maximum absolute atomic E-state index is 13.2. The van der Waals surface area contributed by atoms with Gasteiger partial charge in [0.25, 0.3) is 5.91 Å². The zero-order valence-corrected chi connectivity index (χ0v) is 18.0. The van der Waals surface area contributed by atoms with Gasteiger partial charge in [0.15, 0.2) is 11.5 Å². The predicted octanol–water partition coefficient (Wildman–Crippen LogP) is 3.23. The second kappa shape index (κ2) is 8.05. The van der Waals surface area contributed by atoms with Crippen molar-refractivity contribution in [3.05, 3.63) is 78.0 Å². The first kappa shape index (κ1) is 20.1. The van der Waals surface area contributed by atoms with Crippen molar-refractivity contribution in [2.45, 2.75) is 20.4 Å². The van der Waals surface area contributed by atoms with Crippen molar-refractivity contribution in [3.63, 3.8) is 0 Å². The van der Waals surface area contributed by atoms with E-state index in [4.69, 9.17) is 0 Å². The van der Waals surface area contributed by atoms with Crippen LogP contribution in [0.3, 0.4) is 0 Å². The van der Waals surface area contributed by atoms with Crippen molar-refractivity contribution >= 4 is 17.4 Å². The summed E-state index contributed by atoms with van der Waals surface area (Å²) < 4.78 is 4.99. The van der Waals surface area contributed by atoms with Gasteiger partial charge in [-0.15, -0.1) is 0 Å². The standard InChI is InChI=1S/C23H19N9O/c1-3-30-14-19(15(2)29-30)20-9-10-25-22-18(13-27-32(20)22)23(33)28-21-16(11-24)12-26-31(21)17-7-5-4-6-8-17/h4-10,12-14H,3H2,1-2H3,(H,28,33). The average molecular weight is 437 g/mol. The van der Waals surface area contributed by atoms with Crippen LogP contribution >= 0.6 is 0 Å². The molecular weight excluding hydrogens is 418 g/mol. The van der Waals surface area contributed by atoms with E-state index in [1.165, 1.54) is 17.1 Å². The molecule has 0 aliphatic carbocycles. The van der Waals surface area contributed by atoms with Gasteiger partial charge < -0.3 is 5.32 Å². The maximum atomic E-state index is 13.2. The smallest absolute Gasteiger partial charge is 0.262 e. The molecule has 0 aliphatic rings. The number of anilines is 1. The Balaban J connectivity index is 1.54. The highest BCUT2D eigenvalue weighted by Gasteiger charge is 2.21. The molecule has 5 rings (SSSR count). The summed E-state index contributed by atoms with van der Waals surface area (Å²) in [5.41, 5.74) is 4.20. The monoisotopic (exact) mass is 437 g/mol. The number of hydrogen-bond acceptors (Lipinski definition) is 6. The van der Waals surface area contributed by atoms with Crippen LogP contribution in [0.1, 0.15) is 28.5 Å². The lowest BCUT2D eigenvalue weighted by molar-refractivity contribution is 0.102. The molecule has 0 spiro atoms. The Labute approximate surface area is 188 Å². The Morgan fingerprint density at radius 3 is 2.70 bits per heavy atom. The van der Waals surface area contributed by atoms with E-state index in [0.29, 0.717) is 5.65 Å². The second-order valence-corrected chi connectivity index (χ2v) is 7.33. The molecule has 4 aromatic heterocycles. The van der Waals surface area contributed by atoms with Gasteiger partial charge in [-0.1, -0.05) is 18.2 Å². The molecule has 1 N–H and O–H groups in total. The summed E-state index contributed by atoms with van der Waals surface area (Å²) in [4.78, 5) is 17.6. The second-order valence-electron chi connectivity index (χ2n) is 7.33. The molecule has 5 aromatic rings. The number of para-hydroxylation sites is 1. The highest BCUT2D eigenvalue weighted by atomic mass is 16.1. The first-order valence-electron chi connectivity index (χ1n) is 10.3. The van der Waals surface area contributed by atoms with Crippen molar-refractivity contribution in [1.29, 1.82) is 5.26 Å². The molecular formula is C23H19N9O. The molecule has 0 unspecified atom stereocenters. The number of amides is 1. The molecule has 0 fully saturated rings. The van der Waals surface area contributed by atoms with Crippen LogP contribution in [0.25, 0.3) is 22.6 Å². The summed E-state index contributed by atoms with van der Waals surface area (Å²) >= 11 is 0. The number of nitriles is 1. The van der Waals surface area contributed by atoms with Gasteiger partial charge >= 0.3 is 0 Å². The van der Waals surface area contributed by atoms with E-state index in [1.807, 2.05) is 61.1 Å². The summed E-state index contributed by atoms with van der Waals surface area (Å²) in [6.07, 6.45) is 6.48. The van der Waals surface area contributed by atoms with Crippen LogP contribution in [0.15, 0.2) is 61.2 Å². The third-order valence-electron chi connectivity index (χ3n) is 5.31. The fourth-order valence-corrected chi connectivity index (χ4v) is 3.68. The van der Waals surface area contributed by atoms with Crippen LogP contribution in [0.2, 0.25) is 0 Å². The van der Waals surface area contributed by atoms with Crippen molar-refractivity contribution in [2.24, 2.45) is 0 Å². The lowest BCUT2D eigenvalue weighted by Crippen LogP contribution is -2.16. The van der Waals surface area contributed by atoms with Gasteiger partial charge in [-0.25, -0.2) is 14.2 Å². The van der Waals surface area contributed by atoms with E-state index in [9.17, 15) is 10.1 Å². The molecule has 4 heterocycles. The van der Waals surface area contributed by atoms with Crippen molar-refractivity contribution in [1.82, 2.24) is 34.2 Å². The normalized spacial score (nSPS) is 10.9. The fraction of sp³-hybridized carbons (Fsp3) is 0.130. The third kappa shape index (κ3) is 3.41. The fourth-order valence-electron chi connectivity index (χ4n) is 3.68. The molecule has 0 saturated heterocycles. The quantitative estimate of drug-likeness (QED) is 0.451. The SMILES string of the molecule is CCn1cc(-c2ccnc3c(C(=O)Nc4c(C#N)cnn4-c4ccccc4)cnn23)c(C)n1. The number of nitrogens with zero attached hydrogens (tertiary/aromatic N) is 8. The zero-order chi connectivity index (χ0) is 22.9. The number of fused-ring (bicyclic) bond motifs is 1. The van der Waals surface area contributed by atoms with Crippen LogP contribution in [0.5, 0.6) is 0 Å².